The van der Waals surface area contributed by atoms with Crippen molar-refractivity contribution >= 4 is 46.2 Å². The number of halogens is 1. The maximum absolute atomic E-state index is 13.7. The quantitative estimate of drug-likeness (QED) is 0.416. The molecular formula is C28H33ClN6O5. The van der Waals surface area contributed by atoms with E-state index in [0.29, 0.717) is 35.6 Å². The van der Waals surface area contributed by atoms with Gasteiger partial charge < -0.3 is 25.0 Å². The van der Waals surface area contributed by atoms with Crippen LogP contribution in [0.1, 0.15) is 61.3 Å². The Morgan fingerprint density at radius 2 is 1.80 bits per heavy atom. The molecule has 2 aromatic heterocycles. The molecule has 5 rings (SSSR count). The maximum Gasteiger partial charge on any atom is 0.410 e. The minimum atomic E-state index is -1.20. The van der Waals surface area contributed by atoms with Crippen LogP contribution in [0.15, 0.2) is 29.1 Å². The monoisotopic (exact) mass is 568 g/mol. The second-order valence-electron chi connectivity index (χ2n) is 10.9. The molecule has 2 N–H and O–H groups in total. The number of fused-ring (bicyclic) bond motifs is 3. The van der Waals surface area contributed by atoms with Crippen LogP contribution in [0.4, 0.5) is 16.4 Å². The van der Waals surface area contributed by atoms with Crippen LogP contribution in [-0.4, -0.2) is 67.9 Å². The number of aromatic carboxylic acids is 1. The van der Waals surface area contributed by atoms with Gasteiger partial charge in [-0.3, -0.25) is 9.36 Å². The van der Waals surface area contributed by atoms with E-state index in [1.54, 1.807) is 22.6 Å². The van der Waals surface area contributed by atoms with Gasteiger partial charge in [0.2, 0.25) is 5.95 Å². The van der Waals surface area contributed by atoms with E-state index in [2.05, 4.69) is 15.2 Å². The predicted octanol–water partition coefficient (Wildman–Crippen LogP) is 4.36. The molecule has 11 nitrogen and oxygen atoms in total. The van der Waals surface area contributed by atoms with Crippen molar-refractivity contribution in [1.82, 2.24) is 19.4 Å². The van der Waals surface area contributed by atoms with E-state index in [1.807, 2.05) is 39.8 Å². The number of carboxylic acid groups (broad SMARTS) is 1. The fraction of sp³-hybridized carbons (Fsp3) is 0.464. The molecule has 0 radical (unpaired) electrons. The summed E-state index contributed by atoms with van der Waals surface area (Å²) in [6.07, 6.45) is 1.25. The zero-order valence-electron chi connectivity index (χ0n) is 23.1. The van der Waals surface area contributed by atoms with Crippen molar-refractivity contribution in [2.24, 2.45) is 7.05 Å². The number of ether oxygens (including phenoxy) is 1. The third-order valence-corrected chi connectivity index (χ3v) is 7.75. The summed E-state index contributed by atoms with van der Waals surface area (Å²) >= 11 is 5.93. The Morgan fingerprint density at radius 1 is 1.12 bits per heavy atom. The minimum Gasteiger partial charge on any atom is -0.476 e. The van der Waals surface area contributed by atoms with Crippen LogP contribution in [-0.2, 0) is 11.8 Å². The Hall–Kier alpha value is -3.86. The zero-order chi connectivity index (χ0) is 28.9. The van der Waals surface area contributed by atoms with E-state index >= 15 is 0 Å². The Morgan fingerprint density at radius 3 is 2.42 bits per heavy atom. The SMILES string of the molecule is Cc1cc([C@@H](C)Nc2ccc(Cl)nc2C(=O)O)c2nc(N3[C@@H]4CC[C@H]3CN(C(=O)OC(C)C)C4)n(C)c(=O)c2c1. The Balaban J connectivity index is 1.54. The second-order valence-corrected chi connectivity index (χ2v) is 11.2. The zero-order valence-corrected chi connectivity index (χ0v) is 23.9. The van der Waals surface area contributed by atoms with Crippen LogP contribution in [0, 0.1) is 6.92 Å². The third kappa shape index (κ3) is 5.05. The number of aromatic nitrogens is 3. The largest absolute Gasteiger partial charge is 0.476 e. The number of anilines is 2. The standard InChI is InChI=1S/C28H33ClN6O5/c1-14(2)40-28(39)34-12-17-6-7-18(13-34)35(17)27-32-23-19(10-15(3)11-20(23)25(36)33(27)5)16(4)30-21-8-9-22(29)31-24(21)26(37)38/h8-11,14,16-18,30H,6-7,12-13H2,1-5H3,(H,37,38)/t16-,17-,18+/m1/s1. The molecule has 0 spiro atoms. The van der Waals surface area contributed by atoms with Gasteiger partial charge in [0.25, 0.3) is 5.56 Å². The lowest BCUT2D eigenvalue weighted by Crippen LogP contribution is -2.57. The molecule has 0 aliphatic carbocycles. The van der Waals surface area contributed by atoms with Gasteiger partial charge in [0.15, 0.2) is 5.69 Å². The molecule has 3 atom stereocenters. The van der Waals surface area contributed by atoms with Gasteiger partial charge in [0.1, 0.15) is 5.15 Å². The summed E-state index contributed by atoms with van der Waals surface area (Å²) < 4.78 is 7.02. The number of benzene rings is 1. The van der Waals surface area contributed by atoms with Crippen LogP contribution in [0.25, 0.3) is 10.9 Å². The van der Waals surface area contributed by atoms with E-state index in [-0.39, 0.29) is 40.7 Å². The van der Waals surface area contributed by atoms with Gasteiger partial charge >= 0.3 is 12.1 Å². The highest BCUT2D eigenvalue weighted by atomic mass is 35.5. The smallest absolute Gasteiger partial charge is 0.410 e. The van der Waals surface area contributed by atoms with Crippen molar-refractivity contribution in [3.05, 3.63) is 56.6 Å². The van der Waals surface area contributed by atoms with Crippen molar-refractivity contribution in [3.63, 3.8) is 0 Å². The van der Waals surface area contributed by atoms with Crippen LogP contribution < -0.4 is 15.8 Å². The number of nitrogens with zero attached hydrogens (tertiary/aromatic N) is 5. The number of carbonyl (C=O) groups is 2. The van der Waals surface area contributed by atoms with E-state index in [1.165, 1.54) is 6.07 Å². The van der Waals surface area contributed by atoms with Gasteiger partial charge in [0, 0.05) is 25.7 Å². The third-order valence-electron chi connectivity index (χ3n) is 7.54. The van der Waals surface area contributed by atoms with Crippen LogP contribution >= 0.6 is 11.6 Å². The van der Waals surface area contributed by atoms with Gasteiger partial charge in [-0.25, -0.2) is 19.6 Å². The highest BCUT2D eigenvalue weighted by molar-refractivity contribution is 6.29. The number of pyridine rings is 1. The van der Waals surface area contributed by atoms with Gasteiger partial charge in [0.05, 0.1) is 40.8 Å². The van der Waals surface area contributed by atoms with E-state index in [4.69, 9.17) is 21.3 Å². The van der Waals surface area contributed by atoms with Gasteiger partial charge in [-0.1, -0.05) is 17.7 Å². The van der Waals surface area contributed by atoms with Gasteiger partial charge in [-0.2, -0.15) is 0 Å². The number of amides is 1. The fourth-order valence-electron chi connectivity index (χ4n) is 5.78. The summed E-state index contributed by atoms with van der Waals surface area (Å²) in [6.45, 7) is 8.45. The van der Waals surface area contributed by atoms with Crippen molar-refractivity contribution in [2.45, 2.75) is 64.8 Å². The first kappa shape index (κ1) is 27.7. The lowest BCUT2D eigenvalue weighted by atomic mass is 10.0. The van der Waals surface area contributed by atoms with E-state index in [0.717, 1.165) is 24.0 Å². The summed E-state index contributed by atoms with van der Waals surface area (Å²) in [6, 6.07) is 6.49. The molecule has 2 bridgehead atoms. The Kier molecular flexibility index (Phi) is 7.34. The lowest BCUT2D eigenvalue weighted by Gasteiger charge is -2.41. The minimum absolute atomic E-state index is 0.0109. The summed E-state index contributed by atoms with van der Waals surface area (Å²) in [5.41, 5.74) is 2.14. The highest BCUT2D eigenvalue weighted by Gasteiger charge is 2.43. The molecule has 0 unspecified atom stereocenters. The first-order valence-corrected chi connectivity index (χ1v) is 13.7. The molecule has 3 aromatic rings. The number of aryl methyl sites for hydroxylation is 1. The molecule has 2 fully saturated rings. The topological polar surface area (TPSA) is 130 Å². The fourth-order valence-corrected chi connectivity index (χ4v) is 5.93. The Labute approximate surface area is 236 Å². The van der Waals surface area contributed by atoms with Crippen molar-refractivity contribution in [3.8, 4) is 0 Å². The Bertz CT molecular complexity index is 1540. The number of carboxylic acids is 1. The predicted molar refractivity (Wildman–Crippen MR) is 152 cm³/mol. The molecule has 4 heterocycles. The first-order valence-electron chi connectivity index (χ1n) is 13.4. The summed E-state index contributed by atoms with van der Waals surface area (Å²) in [5.74, 6) is -0.647. The molecule has 40 heavy (non-hydrogen) atoms. The van der Waals surface area contributed by atoms with Crippen molar-refractivity contribution in [2.75, 3.05) is 23.3 Å². The van der Waals surface area contributed by atoms with Crippen LogP contribution in [0.2, 0.25) is 5.15 Å². The molecule has 2 aliphatic heterocycles. The molecule has 1 amide bonds. The summed E-state index contributed by atoms with van der Waals surface area (Å²) in [5, 5.41) is 13.4. The molecule has 212 valence electrons. The molecule has 1 aromatic carbocycles. The molecule has 12 heteroatoms. The number of hydrogen-bond donors (Lipinski definition) is 2. The van der Waals surface area contributed by atoms with Crippen molar-refractivity contribution in [1.29, 1.82) is 0 Å². The number of rotatable bonds is 6. The summed E-state index contributed by atoms with van der Waals surface area (Å²) in [7, 11) is 1.73. The molecule has 2 saturated heterocycles. The molecule has 2 aliphatic rings. The van der Waals surface area contributed by atoms with Crippen LogP contribution in [0.3, 0.4) is 0 Å². The highest BCUT2D eigenvalue weighted by Crippen LogP contribution is 2.35. The summed E-state index contributed by atoms with van der Waals surface area (Å²) in [4.78, 5) is 51.0. The van der Waals surface area contributed by atoms with Crippen LogP contribution in [0.5, 0.6) is 0 Å². The van der Waals surface area contributed by atoms with E-state index < -0.39 is 12.0 Å². The van der Waals surface area contributed by atoms with E-state index in [9.17, 15) is 19.5 Å². The maximum atomic E-state index is 13.7. The molecule has 0 saturated carbocycles. The average molecular weight is 569 g/mol. The first-order chi connectivity index (χ1) is 18.9. The number of piperazine rings is 1. The lowest BCUT2D eigenvalue weighted by molar-refractivity contribution is 0.0685. The second kappa shape index (κ2) is 10.6. The average Bonchev–Trinajstić information content (AvgIpc) is 3.14. The molecular weight excluding hydrogens is 536 g/mol. The number of hydrogen-bond acceptors (Lipinski definition) is 8. The van der Waals surface area contributed by atoms with Gasteiger partial charge in [-0.15, -0.1) is 0 Å². The van der Waals surface area contributed by atoms with Crippen molar-refractivity contribution < 1.29 is 19.4 Å². The normalized spacial score (nSPS) is 19.3. The number of likely N-dealkylation sites (tertiary alicyclic amines) is 1. The van der Waals surface area contributed by atoms with Gasteiger partial charge in [-0.05, 0) is 64.3 Å². The number of carbonyl (C=O) groups excluding carboxylic acids is 1. The number of nitrogens with one attached hydrogen (secondary N) is 1.